The average molecular weight is 1100 g/mol. The summed E-state index contributed by atoms with van der Waals surface area (Å²) in [6, 6.07) is 119. The minimum atomic E-state index is -0.709. The number of hydrogen-bond acceptors (Lipinski definition) is 4. The monoisotopic (exact) mass is 1100 g/mol. The van der Waals surface area contributed by atoms with Crippen LogP contribution in [0.3, 0.4) is 0 Å². The highest BCUT2D eigenvalue weighted by Gasteiger charge is 2.54. The van der Waals surface area contributed by atoms with Gasteiger partial charge in [-0.2, -0.15) is 0 Å². The molecule has 1 atom stereocenters. The lowest BCUT2D eigenvalue weighted by molar-refractivity contribution is 0.704. The van der Waals surface area contributed by atoms with Crippen molar-refractivity contribution < 1.29 is 0 Å². The van der Waals surface area contributed by atoms with Gasteiger partial charge in [0.2, 0.25) is 0 Å². The Labute approximate surface area is 504 Å². The summed E-state index contributed by atoms with van der Waals surface area (Å²) in [5.74, 6) is 0.0976. The number of anilines is 12. The van der Waals surface area contributed by atoms with E-state index in [1.54, 1.807) is 0 Å². The van der Waals surface area contributed by atoms with Gasteiger partial charge in [0.1, 0.15) is 0 Å². The zero-order chi connectivity index (χ0) is 57.3. The summed E-state index contributed by atoms with van der Waals surface area (Å²) in [6.07, 6.45) is 0. The van der Waals surface area contributed by atoms with Crippen molar-refractivity contribution in [3.8, 4) is 22.3 Å². The maximum Gasteiger partial charge on any atom is 0.0721 e. The molecular weight excluding hydrogens is 1040 g/mol. The molecule has 3 aliphatic carbocycles. The summed E-state index contributed by atoms with van der Waals surface area (Å²) in [6.45, 7) is 4.38. The molecule has 0 N–H and O–H groups in total. The van der Waals surface area contributed by atoms with Crippen LogP contribution in [0.1, 0.15) is 56.0 Å². The highest BCUT2D eigenvalue weighted by molar-refractivity contribution is 5.96. The number of nitrogens with zero attached hydrogens (tertiary/aromatic N) is 4. The fourth-order valence-electron chi connectivity index (χ4n) is 14.4. The number of benzene rings is 13. The topological polar surface area (TPSA) is 13.0 Å². The summed E-state index contributed by atoms with van der Waals surface area (Å²) in [5.41, 5.74) is 29.3. The molecule has 0 bridgehead atoms. The summed E-state index contributed by atoms with van der Waals surface area (Å²) in [7, 11) is 0. The molecule has 4 heteroatoms. The van der Waals surface area contributed by atoms with Crippen LogP contribution in [0.25, 0.3) is 22.3 Å². The van der Waals surface area contributed by atoms with E-state index in [1.807, 2.05) is 0 Å². The van der Waals surface area contributed by atoms with Crippen LogP contribution in [-0.2, 0) is 5.41 Å². The van der Waals surface area contributed by atoms with Gasteiger partial charge in [-0.3, -0.25) is 0 Å². The molecule has 1 spiro atoms. The van der Waals surface area contributed by atoms with Crippen molar-refractivity contribution in [2.45, 2.75) is 25.2 Å². The molecule has 4 nitrogen and oxygen atoms in total. The minimum absolute atomic E-state index is 0.0976. The van der Waals surface area contributed by atoms with E-state index in [1.165, 1.54) is 72.3 Å². The molecule has 13 aromatic rings. The third-order valence-corrected chi connectivity index (χ3v) is 18.0. The molecule has 13 aromatic carbocycles. The Morgan fingerprint density at radius 3 is 0.977 bits per heavy atom. The Morgan fingerprint density at radius 1 is 0.221 bits per heavy atom. The Hall–Kier alpha value is -10.9. The quantitative estimate of drug-likeness (QED) is 0.121. The van der Waals surface area contributed by atoms with Gasteiger partial charge in [-0.1, -0.05) is 176 Å². The molecule has 0 amide bonds. The van der Waals surface area contributed by atoms with E-state index in [2.05, 4.69) is 355 Å². The zero-order valence-corrected chi connectivity index (χ0v) is 48.0. The van der Waals surface area contributed by atoms with E-state index in [-0.39, 0.29) is 5.92 Å². The normalized spacial score (nSPS) is 13.4. The van der Waals surface area contributed by atoms with Gasteiger partial charge in [-0.05, 0) is 232 Å². The number of para-hydroxylation sites is 4. The second-order valence-electron chi connectivity index (χ2n) is 23.0. The van der Waals surface area contributed by atoms with Gasteiger partial charge < -0.3 is 19.6 Å². The molecule has 0 aromatic heterocycles. The molecule has 86 heavy (non-hydrogen) atoms. The Bertz CT molecular complexity index is 4370. The standard InChI is InChI=1S/C82H60N4/c1-56-22-19-32-66(52-56)85(64-44-40-62(41-45-64)83(58-24-7-3-8-25-58)59-26-9-4-10-27-59)68-48-50-71-72-51-49-69(86(67-33-20-23-57(2)53-67)65-46-42-63(43-47-65)84(60-28-11-5-12-29-60)61-30-13-6-14-31-61)55-79(72)82(78(71)54-68)76-38-18-17-36-75(76)80-73-35-16-15-34-70(73)74-37-21-39-77(82)81(74)80/h3-55,80H,1-2H3. The minimum Gasteiger partial charge on any atom is -0.311 e. The Balaban J connectivity index is 0.904. The number of fused-ring (bicyclic) bond motifs is 12. The van der Waals surface area contributed by atoms with Gasteiger partial charge in [0.05, 0.1) is 5.41 Å². The molecule has 0 saturated carbocycles. The van der Waals surface area contributed by atoms with Crippen LogP contribution in [0.15, 0.2) is 322 Å². The van der Waals surface area contributed by atoms with Crippen LogP contribution in [0.2, 0.25) is 0 Å². The van der Waals surface area contributed by atoms with Crippen LogP contribution < -0.4 is 19.6 Å². The first-order valence-electron chi connectivity index (χ1n) is 29.9. The molecule has 1 unspecified atom stereocenters. The lowest BCUT2D eigenvalue weighted by Gasteiger charge is -2.43. The fraction of sp³-hybridized carbons (Fsp3) is 0.0488. The van der Waals surface area contributed by atoms with Gasteiger partial charge in [-0.15, -0.1) is 0 Å². The number of rotatable bonds is 12. The molecule has 0 saturated heterocycles. The maximum absolute atomic E-state index is 2.53. The lowest BCUT2D eigenvalue weighted by atomic mass is 9.59. The first kappa shape index (κ1) is 50.8. The first-order valence-corrected chi connectivity index (χ1v) is 29.9. The van der Waals surface area contributed by atoms with E-state index in [9.17, 15) is 0 Å². The van der Waals surface area contributed by atoms with E-state index < -0.39 is 5.41 Å². The summed E-state index contributed by atoms with van der Waals surface area (Å²) in [5, 5.41) is 0. The SMILES string of the molecule is Cc1cccc(N(c2ccc(N(c3ccccc3)c3ccccc3)cc2)c2ccc3c(c2)C2(c4cc(N(c5ccc(N(c6ccccc6)c6ccccc6)cc5)c5cccc(C)c5)ccc4-3)c3ccccc3C3c4ccccc4-c4cccc2c43)c1. The van der Waals surface area contributed by atoms with Gasteiger partial charge in [-0.25, -0.2) is 0 Å². The van der Waals surface area contributed by atoms with Crippen LogP contribution in [0, 0.1) is 13.8 Å². The Morgan fingerprint density at radius 2 is 0.535 bits per heavy atom. The molecule has 16 rings (SSSR count). The summed E-state index contributed by atoms with van der Waals surface area (Å²) >= 11 is 0. The largest absolute Gasteiger partial charge is 0.311 e. The van der Waals surface area contributed by atoms with Crippen molar-refractivity contribution in [3.05, 3.63) is 372 Å². The van der Waals surface area contributed by atoms with Crippen LogP contribution >= 0.6 is 0 Å². The second-order valence-corrected chi connectivity index (χ2v) is 23.0. The van der Waals surface area contributed by atoms with Crippen molar-refractivity contribution in [2.24, 2.45) is 0 Å². The van der Waals surface area contributed by atoms with Crippen molar-refractivity contribution in [2.75, 3.05) is 19.6 Å². The fourth-order valence-corrected chi connectivity index (χ4v) is 14.4. The van der Waals surface area contributed by atoms with Crippen molar-refractivity contribution in [1.29, 1.82) is 0 Å². The van der Waals surface area contributed by atoms with Crippen molar-refractivity contribution >= 4 is 68.2 Å². The van der Waals surface area contributed by atoms with Gasteiger partial charge in [0, 0.05) is 74.2 Å². The van der Waals surface area contributed by atoms with Crippen LogP contribution in [0.4, 0.5) is 68.2 Å². The molecule has 408 valence electrons. The first-order chi connectivity index (χ1) is 42.5. The average Bonchev–Trinajstić information content (AvgIpc) is 1.48. The highest BCUT2D eigenvalue weighted by atomic mass is 15.2. The van der Waals surface area contributed by atoms with E-state index >= 15 is 0 Å². The maximum atomic E-state index is 2.53. The third-order valence-electron chi connectivity index (χ3n) is 18.0. The predicted octanol–water partition coefficient (Wildman–Crippen LogP) is 22.0. The molecule has 0 aliphatic heterocycles. The van der Waals surface area contributed by atoms with Crippen LogP contribution in [-0.4, -0.2) is 0 Å². The molecular formula is C82H60N4. The Kier molecular flexibility index (Phi) is 12.2. The molecule has 3 aliphatic rings. The third kappa shape index (κ3) is 8.20. The number of aryl methyl sites for hydroxylation is 2. The lowest BCUT2D eigenvalue weighted by Crippen LogP contribution is -2.35. The van der Waals surface area contributed by atoms with Crippen molar-refractivity contribution in [1.82, 2.24) is 0 Å². The van der Waals surface area contributed by atoms with E-state index in [0.717, 1.165) is 68.2 Å². The van der Waals surface area contributed by atoms with E-state index in [4.69, 9.17) is 0 Å². The highest BCUT2D eigenvalue weighted by Crippen LogP contribution is 2.66. The summed E-state index contributed by atoms with van der Waals surface area (Å²) in [4.78, 5) is 9.57. The molecule has 0 radical (unpaired) electrons. The van der Waals surface area contributed by atoms with Gasteiger partial charge in [0.15, 0.2) is 0 Å². The van der Waals surface area contributed by atoms with Crippen molar-refractivity contribution in [3.63, 3.8) is 0 Å². The van der Waals surface area contributed by atoms with E-state index in [0.29, 0.717) is 0 Å². The van der Waals surface area contributed by atoms with Crippen LogP contribution in [0.5, 0.6) is 0 Å². The zero-order valence-electron chi connectivity index (χ0n) is 48.0. The molecule has 0 fully saturated rings. The predicted molar refractivity (Wildman–Crippen MR) is 358 cm³/mol. The summed E-state index contributed by atoms with van der Waals surface area (Å²) < 4.78 is 0. The molecule has 0 heterocycles. The van der Waals surface area contributed by atoms with Gasteiger partial charge in [0.25, 0.3) is 0 Å². The smallest absolute Gasteiger partial charge is 0.0721 e. The second kappa shape index (κ2) is 20.7. The number of hydrogen-bond donors (Lipinski definition) is 0. The van der Waals surface area contributed by atoms with Gasteiger partial charge >= 0.3 is 0 Å².